The smallest absolute Gasteiger partial charge is 0.346 e. The highest BCUT2D eigenvalue weighted by Gasteiger charge is 2.24. The molecule has 3 aromatic rings. The molecule has 0 aliphatic carbocycles. The molecular weight excluding hydrogens is 348 g/mol. The second kappa shape index (κ2) is 7.92. The van der Waals surface area contributed by atoms with Gasteiger partial charge in [-0.05, 0) is 11.1 Å². The van der Waals surface area contributed by atoms with Crippen LogP contribution in [-0.4, -0.2) is 22.1 Å². The van der Waals surface area contributed by atoms with Crippen LogP contribution in [-0.2, 0) is 14.3 Å². The second-order valence-electron chi connectivity index (χ2n) is 5.50. The van der Waals surface area contributed by atoms with E-state index in [1.165, 1.54) is 12.1 Å². The number of aromatic nitrogens is 2. The number of esters is 2. The molecule has 0 atom stereocenters. The molecule has 0 radical (unpaired) electrons. The molecule has 7 nitrogen and oxygen atoms in total. The summed E-state index contributed by atoms with van der Waals surface area (Å²) in [4.78, 5) is 44.1. The van der Waals surface area contributed by atoms with E-state index in [4.69, 9.17) is 0 Å². The van der Waals surface area contributed by atoms with E-state index in [1.54, 1.807) is 36.4 Å². The van der Waals surface area contributed by atoms with Crippen LogP contribution >= 0.6 is 0 Å². The molecule has 2 N–H and O–H groups in total. The van der Waals surface area contributed by atoms with Crippen molar-refractivity contribution in [1.82, 2.24) is 10.2 Å². The second-order valence-corrected chi connectivity index (χ2v) is 5.50. The molecule has 0 amide bonds. The van der Waals surface area contributed by atoms with Gasteiger partial charge in [0.1, 0.15) is 0 Å². The number of carbonyl (C=O) groups is 2. The minimum Gasteiger partial charge on any atom is -0.386 e. The van der Waals surface area contributed by atoms with Crippen molar-refractivity contribution in [3.8, 4) is 11.1 Å². The van der Waals surface area contributed by atoms with Gasteiger partial charge in [-0.25, -0.2) is 9.59 Å². The third kappa shape index (κ3) is 4.35. The Labute approximate surface area is 152 Å². The summed E-state index contributed by atoms with van der Waals surface area (Å²) in [7, 11) is 0. The summed E-state index contributed by atoms with van der Waals surface area (Å²) in [5.74, 6) is -1.17. The van der Waals surface area contributed by atoms with E-state index in [0.717, 1.165) is 5.56 Å². The Morgan fingerprint density at radius 2 is 1.30 bits per heavy atom. The van der Waals surface area contributed by atoms with Crippen molar-refractivity contribution >= 4 is 17.5 Å². The third-order valence-electron chi connectivity index (χ3n) is 3.66. The SMILES string of the molecule is O=C1C=C(c2ccccc2)C(=O)O1.O=c1cc(-c2ccccc2)c(=O)[nH][nH]1. The number of aromatic amines is 2. The number of ether oxygens (including phenoxy) is 1. The molecule has 2 aromatic carbocycles. The van der Waals surface area contributed by atoms with Gasteiger partial charge in [0, 0.05) is 12.1 Å². The Morgan fingerprint density at radius 3 is 1.85 bits per heavy atom. The Hall–Kier alpha value is -4.00. The van der Waals surface area contributed by atoms with Gasteiger partial charge in [-0.1, -0.05) is 60.7 Å². The van der Waals surface area contributed by atoms with Crippen LogP contribution < -0.4 is 11.1 Å². The van der Waals surface area contributed by atoms with Crippen LogP contribution in [0.3, 0.4) is 0 Å². The fourth-order valence-corrected chi connectivity index (χ4v) is 2.42. The highest BCUT2D eigenvalue weighted by Crippen LogP contribution is 2.20. The fraction of sp³-hybridized carbons (Fsp3) is 0. The molecule has 134 valence electrons. The monoisotopic (exact) mass is 362 g/mol. The summed E-state index contributed by atoms with van der Waals surface area (Å²) in [5.41, 5.74) is 1.54. The summed E-state index contributed by atoms with van der Waals surface area (Å²) in [6, 6.07) is 19.3. The number of carbonyl (C=O) groups excluding carboxylic acids is 2. The first kappa shape index (κ1) is 17.8. The van der Waals surface area contributed by atoms with E-state index >= 15 is 0 Å². The Bertz CT molecular complexity index is 1110. The molecule has 2 heterocycles. The van der Waals surface area contributed by atoms with E-state index in [-0.39, 0.29) is 11.1 Å². The molecular formula is C20H14N2O5. The average molecular weight is 362 g/mol. The van der Waals surface area contributed by atoms with E-state index < -0.39 is 11.9 Å². The molecule has 0 fully saturated rings. The summed E-state index contributed by atoms with van der Waals surface area (Å²) in [5, 5.41) is 4.49. The Balaban J connectivity index is 0.000000156. The van der Waals surface area contributed by atoms with Gasteiger partial charge in [-0.3, -0.25) is 19.8 Å². The topological polar surface area (TPSA) is 109 Å². The average Bonchev–Trinajstić information content (AvgIpc) is 3.04. The van der Waals surface area contributed by atoms with Crippen LogP contribution in [0.2, 0.25) is 0 Å². The quantitative estimate of drug-likeness (QED) is 0.534. The molecule has 0 spiro atoms. The molecule has 0 unspecified atom stereocenters. The minimum atomic E-state index is -0.594. The van der Waals surface area contributed by atoms with Crippen molar-refractivity contribution in [3.05, 3.63) is 99.1 Å². The van der Waals surface area contributed by atoms with Crippen LogP contribution in [0.15, 0.2) is 82.4 Å². The van der Waals surface area contributed by atoms with E-state index in [0.29, 0.717) is 16.7 Å². The van der Waals surface area contributed by atoms with Gasteiger partial charge in [0.2, 0.25) is 0 Å². The molecule has 4 rings (SSSR count). The lowest BCUT2D eigenvalue weighted by Gasteiger charge is -1.97. The van der Waals surface area contributed by atoms with E-state index in [2.05, 4.69) is 14.9 Å². The maximum atomic E-state index is 11.3. The Kier molecular flexibility index (Phi) is 5.22. The summed E-state index contributed by atoms with van der Waals surface area (Å²) < 4.78 is 4.36. The number of hydrogen-bond donors (Lipinski definition) is 2. The molecule has 1 aliphatic heterocycles. The van der Waals surface area contributed by atoms with Crippen LogP contribution in [0.5, 0.6) is 0 Å². The minimum absolute atomic E-state index is 0.296. The number of hydrogen-bond acceptors (Lipinski definition) is 5. The lowest BCUT2D eigenvalue weighted by molar-refractivity contribution is -0.149. The fourth-order valence-electron chi connectivity index (χ4n) is 2.42. The Morgan fingerprint density at radius 1 is 0.704 bits per heavy atom. The largest absolute Gasteiger partial charge is 0.386 e. The van der Waals surface area contributed by atoms with Crippen LogP contribution in [0, 0.1) is 0 Å². The molecule has 1 aromatic heterocycles. The van der Waals surface area contributed by atoms with Gasteiger partial charge >= 0.3 is 11.9 Å². The maximum Gasteiger partial charge on any atom is 0.346 e. The summed E-state index contributed by atoms with van der Waals surface area (Å²) in [6.45, 7) is 0. The van der Waals surface area contributed by atoms with Crippen molar-refractivity contribution in [3.63, 3.8) is 0 Å². The van der Waals surface area contributed by atoms with Gasteiger partial charge in [0.05, 0.1) is 11.1 Å². The van der Waals surface area contributed by atoms with Gasteiger partial charge in [-0.2, -0.15) is 0 Å². The highest BCUT2D eigenvalue weighted by atomic mass is 16.6. The number of benzene rings is 2. The van der Waals surface area contributed by atoms with Crippen molar-refractivity contribution in [2.75, 3.05) is 0 Å². The van der Waals surface area contributed by atoms with Crippen molar-refractivity contribution in [2.24, 2.45) is 0 Å². The first-order chi connectivity index (χ1) is 13.0. The molecule has 0 saturated heterocycles. The van der Waals surface area contributed by atoms with E-state index in [9.17, 15) is 19.2 Å². The number of nitrogens with one attached hydrogen (secondary N) is 2. The summed E-state index contributed by atoms with van der Waals surface area (Å²) >= 11 is 0. The van der Waals surface area contributed by atoms with Crippen LogP contribution in [0.1, 0.15) is 5.56 Å². The number of cyclic esters (lactones) is 2. The van der Waals surface area contributed by atoms with Crippen LogP contribution in [0.25, 0.3) is 16.7 Å². The van der Waals surface area contributed by atoms with Crippen LogP contribution in [0.4, 0.5) is 0 Å². The molecule has 1 aliphatic rings. The first-order valence-corrected chi connectivity index (χ1v) is 7.95. The molecule has 7 heteroatoms. The number of rotatable bonds is 2. The highest BCUT2D eigenvalue weighted by molar-refractivity contribution is 6.28. The van der Waals surface area contributed by atoms with Gasteiger partial charge in [-0.15, -0.1) is 0 Å². The van der Waals surface area contributed by atoms with Crippen molar-refractivity contribution in [1.29, 1.82) is 0 Å². The van der Waals surface area contributed by atoms with E-state index in [1.807, 2.05) is 24.3 Å². The maximum absolute atomic E-state index is 11.3. The summed E-state index contributed by atoms with van der Waals surface area (Å²) in [6.07, 6.45) is 1.21. The molecule has 27 heavy (non-hydrogen) atoms. The van der Waals surface area contributed by atoms with Gasteiger partial charge in [0.15, 0.2) is 0 Å². The zero-order chi connectivity index (χ0) is 19.2. The predicted octanol–water partition coefficient (Wildman–Crippen LogP) is 1.88. The first-order valence-electron chi connectivity index (χ1n) is 7.95. The predicted molar refractivity (Wildman–Crippen MR) is 98.6 cm³/mol. The molecule has 0 bridgehead atoms. The molecule has 0 saturated carbocycles. The lowest BCUT2D eigenvalue weighted by atomic mass is 10.1. The zero-order valence-electron chi connectivity index (χ0n) is 14.0. The normalized spacial score (nSPS) is 12.7. The zero-order valence-corrected chi connectivity index (χ0v) is 14.0. The third-order valence-corrected chi connectivity index (χ3v) is 3.66. The standard InChI is InChI=1S/C10H8N2O2.C10H6O3/c13-9-6-8(10(14)12-11-9)7-4-2-1-3-5-7;11-9-6-8(10(12)13-9)7-4-2-1-3-5-7/h1-6H,(H,11,13)(H,12,14);1-6H. The van der Waals surface area contributed by atoms with Crippen molar-refractivity contribution < 1.29 is 14.3 Å². The van der Waals surface area contributed by atoms with Gasteiger partial charge in [0.25, 0.3) is 11.1 Å². The number of H-pyrrole nitrogens is 2. The lowest BCUT2D eigenvalue weighted by Crippen LogP contribution is -2.19. The van der Waals surface area contributed by atoms with Gasteiger partial charge < -0.3 is 4.74 Å². The van der Waals surface area contributed by atoms with Crippen molar-refractivity contribution in [2.45, 2.75) is 0 Å².